The number of rotatable bonds is 2. The minimum Gasteiger partial charge on any atom is -0.481 e. The predicted octanol–water partition coefficient (Wildman–Crippen LogP) is 1.48. The van der Waals surface area contributed by atoms with Crippen molar-refractivity contribution < 1.29 is 9.66 Å². The number of nitrogens with zero attached hydrogens (tertiary/aromatic N) is 2. The predicted molar refractivity (Wildman–Crippen MR) is 49.3 cm³/mol. The lowest BCUT2D eigenvalue weighted by Gasteiger charge is -1.96. The molecule has 14 heavy (non-hydrogen) atoms. The number of methoxy groups -OCH3 is 1. The SMILES string of the molecule is COc1ccc2c([N+](=O)[O-])c[nH]c2n1. The van der Waals surface area contributed by atoms with Gasteiger partial charge in [0.05, 0.1) is 23.6 Å². The van der Waals surface area contributed by atoms with Crippen LogP contribution in [0.15, 0.2) is 18.3 Å². The van der Waals surface area contributed by atoms with Crippen molar-refractivity contribution in [1.82, 2.24) is 9.97 Å². The Kier molecular flexibility index (Phi) is 1.81. The van der Waals surface area contributed by atoms with Gasteiger partial charge in [-0.3, -0.25) is 10.1 Å². The summed E-state index contributed by atoms with van der Waals surface area (Å²) in [5.41, 5.74) is 0.478. The maximum absolute atomic E-state index is 10.6. The number of pyridine rings is 1. The van der Waals surface area contributed by atoms with Crippen molar-refractivity contribution in [2.24, 2.45) is 0 Å². The summed E-state index contributed by atoms with van der Waals surface area (Å²) >= 11 is 0. The monoisotopic (exact) mass is 193 g/mol. The third-order valence-corrected chi connectivity index (χ3v) is 1.90. The first kappa shape index (κ1) is 8.49. The van der Waals surface area contributed by atoms with Gasteiger partial charge in [0.2, 0.25) is 5.88 Å². The molecule has 0 aliphatic carbocycles. The van der Waals surface area contributed by atoms with Gasteiger partial charge in [0.1, 0.15) is 5.65 Å². The molecule has 0 bridgehead atoms. The Morgan fingerprint density at radius 3 is 3.00 bits per heavy atom. The van der Waals surface area contributed by atoms with E-state index in [0.29, 0.717) is 16.9 Å². The van der Waals surface area contributed by atoms with Gasteiger partial charge in [-0.1, -0.05) is 0 Å². The maximum Gasteiger partial charge on any atom is 0.296 e. The molecular formula is C8H7N3O3. The number of H-pyrrole nitrogens is 1. The van der Waals surface area contributed by atoms with Crippen LogP contribution in [0.25, 0.3) is 11.0 Å². The third kappa shape index (κ3) is 1.17. The van der Waals surface area contributed by atoms with Gasteiger partial charge >= 0.3 is 0 Å². The highest BCUT2D eigenvalue weighted by Crippen LogP contribution is 2.25. The van der Waals surface area contributed by atoms with Crippen LogP contribution in [-0.2, 0) is 0 Å². The topological polar surface area (TPSA) is 81.0 Å². The smallest absolute Gasteiger partial charge is 0.296 e. The second-order valence-electron chi connectivity index (χ2n) is 2.68. The Bertz CT molecular complexity index is 492. The van der Waals surface area contributed by atoms with E-state index >= 15 is 0 Å². The van der Waals surface area contributed by atoms with Gasteiger partial charge < -0.3 is 9.72 Å². The van der Waals surface area contributed by atoms with E-state index in [1.54, 1.807) is 12.1 Å². The number of hydrogen-bond donors (Lipinski definition) is 1. The fourth-order valence-corrected chi connectivity index (χ4v) is 1.24. The van der Waals surface area contributed by atoms with Crippen LogP contribution < -0.4 is 4.74 Å². The highest BCUT2D eigenvalue weighted by Gasteiger charge is 2.14. The first-order valence-corrected chi connectivity index (χ1v) is 3.89. The lowest BCUT2D eigenvalue weighted by atomic mass is 10.3. The quantitative estimate of drug-likeness (QED) is 0.578. The number of fused-ring (bicyclic) bond motifs is 1. The molecule has 2 rings (SSSR count). The molecule has 0 fully saturated rings. The van der Waals surface area contributed by atoms with Crippen LogP contribution in [0.3, 0.4) is 0 Å². The molecular weight excluding hydrogens is 186 g/mol. The molecule has 2 aromatic heterocycles. The highest BCUT2D eigenvalue weighted by molar-refractivity contribution is 5.86. The zero-order chi connectivity index (χ0) is 10.1. The minimum absolute atomic E-state index is 0.0233. The van der Waals surface area contributed by atoms with Crippen LogP contribution in [0.2, 0.25) is 0 Å². The van der Waals surface area contributed by atoms with Gasteiger partial charge in [0.15, 0.2) is 0 Å². The van der Waals surface area contributed by atoms with Crippen LogP contribution in [0.4, 0.5) is 5.69 Å². The molecule has 72 valence electrons. The van der Waals surface area contributed by atoms with E-state index in [1.807, 2.05) is 0 Å². The van der Waals surface area contributed by atoms with E-state index < -0.39 is 4.92 Å². The molecule has 2 aromatic rings. The van der Waals surface area contributed by atoms with Crippen LogP contribution in [-0.4, -0.2) is 22.0 Å². The summed E-state index contributed by atoms with van der Waals surface area (Å²) in [6.45, 7) is 0. The summed E-state index contributed by atoms with van der Waals surface area (Å²) in [5, 5.41) is 11.0. The summed E-state index contributed by atoms with van der Waals surface area (Å²) in [6, 6.07) is 3.19. The molecule has 1 N–H and O–H groups in total. The molecule has 6 nitrogen and oxygen atoms in total. The highest BCUT2D eigenvalue weighted by atomic mass is 16.6. The van der Waals surface area contributed by atoms with E-state index in [0.717, 1.165) is 0 Å². The number of ether oxygens (including phenoxy) is 1. The van der Waals surface area contributed by atoms with Gasteiger partial charge in [0.25, 0.3) is 5.69 Å². The summed E-state index contributed by atoms with van der Waals surface area (Å²) in [4.78, 5) is 16.8. The van der Waals surface area contributed by atoms with Crippen molar-refractivity contribution in [1.29, 1.82) is 0 Å². The van der Waals surface area contributed by atoms with Crippen molar-refractivity contribution in [2.75, 3.05) is 7.11 Å². The largest absolute Gasteiger partial charge is 0.481 e. The Balaban J connectivity index is 2.65. The van der Waals surface area contributed by atoms with Crippen LogP contribution >= 0.6 is 0 Å². The molecule has 0 atom stereocenters. The molecule has 0 unspecified atom stereocenters. The average molecular weight is 193 g/mol. The summed E-state index contributed by atoms with van der Waals surface area (Å²) in [7, 11) is 1.49. The van der Waals surface area contributed by atoms with Crippen LogP contribution in [0, 0.1) is 10.1 Å². The minimum atomic E-state index is -0.451. The van der Waals surface area contributed by atoms with Gasteiger partial charge in [-0.15, -0.1) is 0 Å². The summed E-state index contributed by atoms with van der Waals surface area (Å²) < 4.78 is 4.89. The van der Waals surface area contributed by atoms with E-state index in [2.05, 4.69) is 9.97 Å². The molecule has 2 heterocycles. The maximum atomic E-state index is 10.6. The zero-order valence-corrected chi connectivity index (χ0v) is 7.35. The fraction of sp³-hybridized carbons (Fsp3) is 0.125. The molecule has 0 aliphatic rings. The standard InChI is InChI=1S/C8H7N3O3/c1-14-7-3-2-5-6(11(12)13)4-9-8(5)10-7/h2-4H,1H3,(H,9,10). The van der Waals surface area contributed by atoms with Gasteiger partial charge in [0, 0.05) is 6.07 Å². The Labute approximate surface area is 78.7 Å². The van der Waals surface area contributed by atoms with Crippen LogP contribution in [0.5, 0.6) is 5.88 Å². The number of nitro groups is 1. The number of hydrogen-bond acceptors (Lipinski definition) is 4. The van der Waals surface area contributed by atoms with Crippen molar-refractivity contribution in [2.45, 2.75) is 0 Å². The first-order chi connectivity index (χ1) is 6.72. The first-order valence-electron chi connectivity index (χ1n) is 3.89. The van der Waals surface area contributed by atoms with E-state index in [-0.39, 0.29) is 5.69 Å². The summed E-state index contributed by atoms with van der Waals surface area (Å²) in [5.74, 6) is 0.425. The van der Waals surface area contributed by atoms with Crippen molar-refractivity contribution in [3.8, 4) is 5.88 Å². The van der Waals surface area contributed by atoms with E-state index in [9.17, 15) is 10.1 Å². The fourth-order valence-electron chi connectivity index (χ4n) is 1.24. The summed E-state index contributed by atoms with van der Waals surface area (Å²) in [6.07, 6.45) is 1.32. The third-order valence-electron chi connectivity index (χ3n) is 1.90. The molecule has 0 radical (unpaired) electrons. The zero-order valence-electron chi connectivity index (χ0n) is 7.35. The number of aromatic amines is 1. The molecule has 0 aromatic carbocycles. The molecule has 0 amide bonds. The van der Waals surface area contributed by atoms with E-state index in [4.69, 9.17) is 4.74 Å². The lowest BCUT2D eigenvalue weighted by molar-refractivity contribution is -0.383. The molecule has 0 saturated carbocycles. The normalized spacial score (nSPS) is 10.4. The number of aromatic nitrogens is 2. The average Bonchev–Trinajstić information content (AvgIpc) is 2.59. The van der Waals surface area contributed by atoms with Gasteiger partial charge in [-0.2, -0.15) is 4.98 Å². The van der Waals surface area contributed by atoms with Crippen molar-refractivity contribution in [3.63, 3.8) is 0 Å². The molecule has 0 aliphatic heterocycles. The second kappa shape index (κ2) is 2.99. The molecule has 0 spiro atoms. The Morgan fingerprint density at radius 2 is 2.36 bits per heavy atom. The lowest BCUT2D eigenvalue weighted by Crippen LogP contribution is -1.88. The van der Waals surface area contributed by atoms with Gasteiger partial charge in [-0.05, 0) is 6.07 Å². The van der Waals surface area contributed by atoms with Crippen LogP contribution in [0.1, 0.15) is 0 Å². The molecule has 6 heteroatoms. The van der Waals surface area contributed by atoms with Crippen molar-refractivity contribution in [3.05, 3.63) is 28.4 Å². The van der Waals surface area contributed by atoms with E-state index in [1.165, 1.54) is 13.3 Å². The van der Waals surface area contributed by atoms with Gasteiger partial charge in [-0.25, -0.2) is 0 Å². The Hall–Kier alpha value is -2.11. The van der Waals surface area contributed by atoms with Crippen molar-refractivity contribution >= 4 is 16.7 Å². The second-order valence-corrected chi connectivity index (χ2v) is 2.68. The Morgan fingerprint density at radius 1 is 1.57 bits per heavy atom. The molecule has 0 saturated heterocycles. The number of nitrogens with one attached hydrogen (secondary N) is 1.